The second kappa shape index (κ2) is 6.64. The quantitative estimate of drug-likeness (QED) is 0.788. The van der Waals surface area contributed by atoms with Crippen LogP contribution < -0.4 is 10.6 Å². The third-order valence-electron chi connectivity index (χ3n) is 3.07. The van der Waals surface area contributed by atoms with Crippen molar-refractivity contribution in [3.8, 4) is 0 Å². The summed E-state index contributed by atoms with van der Waals surface area (Å²) in [5, 5.41) is 23.2. The van der Waals surface area contributed by atoms with Gasteiger partial charge in [0.25, 0.3) is 0 Å². The Hall–Kier alpha value is -1.99. The number of urea groups is 1. The molecule has 0 saturated carbocycles. The molecule has 0 fully saturated rings. The SMILES string of the molecule is CC(C)(c1ccccc1)c1nnc(NC(=O)NCCO)s1. The highest BCUT2D eigenvalue weighted by atomic mass is 32.1. The minimum atomic E-state index is -0.399. The van der Waals surface area contributed by atoms with Crippen molar-refractivity contribution in [2.24, 2.45) is 0 Å². The molecular weight excluding hydrogens is 288 g/mol. The molecule has 7 heteroatoms. The van der Waals surface area contributed by atoms with Crippen LogP contribution in [-0.2, 0) is 5.41 Å². The minimum Gasteiger partial charge on any atom is -0.395 e. The van der Waals surface area contributed by atoms with Crippen LogP contribution >= 0.6 is 11.3 Å². The first-order valence-corrected chi connectivity index (χ1v) is 7.41. The predicted molar refractivity (Wildman–Crippen MR) is 82.6 cm³/mol. The molecule has 0 atom stereocenters. The summed E-state index contributed by atoms with van der Waals surface area (Å²) in [5.74, 6) is 0. The molecule has 3 N–H and O–H groups in total. The number of nitrogens with zero attached hydrogens (tertiary/aromatic N) is 2. The first-order valence-electron chi connectivity index (χ1n) is 6.59. The maximum absolute atomic E-state index is 11.5. The second-order valence-electron chi connectivity index (χ2n) is 5.01. The van der Waals surface area contributed by atoms with Gasteiger partial charge in [0.15, 0.2) is 0 Å². The summed E-state index contributed by atoms with van der Waals surface area (Å²) >= 11 is 1.34. The van der Waals surface area contributed by atoms with Gasteiger partial charge in [-0.15, -0.1) is 10.2 Å². The molecule has 112 valence electrons. The molecule has 1 aromatic heterocycles. The van der Waals surface area contributed by atoms with Crippen molar-refractivity contribution >= 4 is 22.5 Å². The summed E-state index contributed by atoms with van der Waals surface area (Å²) in [6.45, 7) is 4.24. The van der Waals surface area contributed by atoms with Crippen LogP contribution in [-0.4, -0.2) is 34.5 Å². The number of hydrogen-bond donors (Lipinski definition) is 3. The van der Waals surface area contributed by atoms with Gasteiger partial charge in [-0.25, -0.2) is 4.79 Å². The van der Waals surface area contributed by atoms with Crippen LogP contribution in [0.25, 0.3) is 0 Å². The number of aliphatic hydroxyl groups excluding tert-OH is 1. The van der Waals surface area contributed by atoms with Crippen LogP contribution in [0.1, 0.15) is 24.4 Å². The van der Waals surface area contributed by atoms with E-state index in [4.69, 9.17) is 5.11 Å². The lowest BCUT2D eigenvalue weighted by Gasteiger charge is -2.21. The zero-order valence-corrected chi connectivity index (χ0v) is 12.8. The Morgan fingerprint density at radius 1 is 1.29 bits per heavy atom. The Morgan fingerprint density at radius 3 is 2.67 bits per heavy atom. The molecule has 0 aliphatic heterocycles. The summed E-state index contributed by atoms with van der Waals surface area (Å²) in [5.41, 5.74) is 0.859. The molecule has 0 saturated heterocycles. The van der Waals surface area contributed by atoms with Crippen molar-refractivity contribution in [3.63, 3.8) is 0 Å². The van der Waals surface area contributed by atoms with Crippen molar-refractivity contribution in [2.75, 3.05) is 18.5 Å². The van der Waals surface area contributed by atoms with Gasteiger partial charge in [-0.1, -0.05) is 41.7 Å². The smallest absolute Gasteiger partial charge is 0.321 e. The van der Waals surface area contributed by atoms with Gasteiger partial charge in [-0.3, -0.25) is 5.32 Å². The van der Waals surface area contributed by atoms with Gasteiger partial charge < -0.3 is 10.4 Å². The summed E-state index contributed by atoms with van der Waals surface area (Å²) in [7, 11) is 0. The predicted octanol–water partition coefficient (Wildman–Crippen LogP) is 1.98. The molecule has 0 spiro atoms. The standard InChI is InChI=1S/C14H18N4O2S/c1-14(2,10-6-4-3-5-7-10)11-17-18-13(21-11)16-12(20)15-8-9-19/h3-7,19H,8-9H2,1-2H3,(H2,15,16,18,20). The summed E-state index contributed by atoms with van der Waals surface area (Å²) in [6.07, 6.45) is 0. The summed E-state index contributed by atoms with van der Waals surface area (Å²) in [4.78, 5) is 11.5. The van der Waals surface area contributed by atoms with E-state index in [0.717, 1.165) is 10.6 Å². The first-order chi connectivity index (χ1) is 10.0. The van der Waals surface area contributed by atoms with Gasteiger partial charge in [-0.2, -0.15) is 0 Å². The fourth-order valence-corrected chi connectivity index (χ4v) is 2.68. The van der Waals surface area contributed by atoms with Gasteiger partial charge in [0.1, 0.15) is 5.01 Å². The van der Waals surface area contributed by atoms with E-state index in [1.54, 1.807) is 0 Å². The number of aromatic nitrogens is 2. The average molecular weight is 306 g/mol. The second-order valence-corrected chi connectivity index (χ2v) is 5.99. The number of amides is 2. The van der Waals surface area contributed by atoms with Crippen LogP contribution in [0.4, 0.5) is 9.93 Å². The first kappa shape index (κ1) is 15.4. The molecule has 0 unspecified atom stereocenters. The molecule has 2 aromatic rings. The van der Waals surface area contributed by atoms with Crippen molar-refractivity contribution in [3.05, 3.63) is 40.9 Å². The largest absolute Gasteiger partial charge is 0.395 e. The Labute approximate surface area is 127 Å². The molecule has 0 aliphatic carbocycles. The molecule has 2 rings (SSSR count). The van der Waals surface area contributed by atoms with Gasteiger partial charge in [0.05, 0.1) is 6.61 Å². The summed E-state index contributed by atoms with van der Waals surface area (Å²) < 4.78 is 0. The summed E-state index contributed by atoms with van der Waals surface area (Å²) in [6, 6.07) is 9.63. The highest BCUT2D eigenvalue weighted by Gasteiger charge is 2.27. The number of carbonyl (C=O) groups excluding carboxylic acids is 1. The Bertz CT molecular complexity index is 598. The average Bonchev–Trinajstić information content (AvgIpc) is 2.95. The van der Waals surface area contributed by atoms with E-state index < -0.39 is 6.03 Å². The van der Waals surface area contributed by atoms with Crippen LogP contribution in [0.15, 0.2) is 30.3 Å². The molecule has 21 heavy (non-hydrogen) atoms. The van der Waals surface area contributed by atoms with Crippen LogP contribution in [0.5, 0.6) is 0 Å². The van der Waals surface area contributed by atoms with E-state index in [1.807, 2.05) is 30.3 Å². The van der Waals surface area contributed by atoms with Crippen molar-refractivity contribution < 1.29 is 9.90 Å². The monoisotopic (exact) mass is 306 g/mol. The van der Waals surface area contributed by atoms with Gasteiger partial charge in [0.2, 0.25) is 5.13 Å². The molecule has 6 nitrogen and oxygen atoms in total. The van der Waals surface area contributed by atoms with E-state index in [1.165, 1.54) is 11.3 Å². The van der Waals surface area contributed by atoms with Crippen molar-refractivity contribution in [1.29, 1.82) is 0 Å². The van der Waals surface area contributed by atoms with E-state index in [2.05, 4.69) is 34.7 Å². The Balaban J connectivity index is 2.10. The number of benzene rings is 1. The maximum atomic E-state index is 11.5. The van der Waals surface area contributed by atoms with Crippen molar-refractivity contribution in [1.82, 2.24) is 15.5 Å². The third-order valence-corrected chi connectivity index (χ3v) is 4.24. The lowest BCUT2D eigenvalue weighted by molar-refractivity contribution is 0.245. The van der Waals surface area contributed by atoms with Crippen LogP contribution in [0.3, 0.4) is 0 Å². The molecule has 2 amide bonds. The number of aliphatic hydroxyl groups is 1. The highest BCUT2D eigenvalue weighted by molar-refractivity contribution is 7.15. The Morgan fingerprint density at radius 2 is 2.00 bits per heavy atom. The maximum Gasteiger partial charge on any atom is 0.321 e. The molecule has 0 aliphatic rings. The fraction of sp³-hybridized carbons (Fsp3) is 0.357. The number of carbonyl (C=O) groups is 1. The Kier molecular flexibility index (Phi) is 4.87. The number of anilines is 1. The zero-order valence-electron chi connectivity index (χ0n) is 12.0. The third kappa shape index (κ3) is 3.77. The van der Waals surface area contributed by atoms with Gasteiger partial charge >= 0.3 is 6.03 Å². The molecule has 1 aromatic carbocycles. The normalized spacial score (nSPS) is 11.2. The van der Waals surface area contributed by atoms with Crippen molar-refractivity contribution in [2.45, 2.75) is 19.3 Å². The molecular formula is C14H18N4O2S. The molecule has 0 bridgehead atoms. The van der Waals surface area contributed by atoms with Crippen LogP contribution in [0, 0.1) is 0 Å². The highest BCUT2D eigenvalue weighted by Crippen LogP contribution is 2.34. The number of nitrogens with one attached hydrogen (secondary N) is 2. The minimum absolute atomic E-state index is 0.101. The topological polar surface area (TPSA) is 87.1 Å². The van der Waals surface area contributed by atoms with Gasteiger partial charge in [-0.05, 0) is 19.4 Å². The number of rotatable bonds is 5. The van der Waals surface area contributed by atoms with E-state index in [0.29, 0.717) is 5.13 Å². The molecule has 1 heterocycles. The zero-order chi connectivity index (χ0) is 15.3. The van der Waals surface area contributed by atoms with E-state index in [-0.39, 0.29) is 18.6 Å². The lowest BCUT2D eigenvalue weighted by Crippen LogP contribution is -2.30. The number of hydrogen-bond acceptors (Lipinski definition) is 5. The van der Waals surface area contributed by atoms with Crippen LogP contribution in [0.2, 0.25) is 0 Å². The fourth-order valence-electron chi connectivity index (χ4n) is 1.82. The van der Waals surface area contributed by atoms with E-state index >= 15 is 0 Å². The van der Waals surface area contributed by atoms with Gasteiger partial charge in [0, 0.05) is 12.0 Å². The molecule has 0 radical (unpaired) electrons. The van der Waals surface area contributed by atoms with E-state index in [9.17, 15) is 4.79 Å². The lowest BCUT2D eigenvalue weighted by atomic mass is 9.85.